The fourth-order valence-electron chi connectivity index (χ4n) is 2.79. The van der Waals surface area contributed by atoms with Crippen molar-refractivity contribution in [1.82, 2.24) is 4.72 Å². The molecule has 132 valence electrons. The first-order valence-electron chi connectivity index (χ1n) is 8.38. The van der Waals surface area contributed by atoms with Crippen LogP contribution in [0, 0.1) is 0 Å². The van der Waals surface area contributed by atoms with E-state index in [1.165, 1.54) is 6.26 Å². The Morgan fingerprint density at radius 1 is 0.846 bits per heavy atom. The zero-order chi connectivity index (χ0) is 18.4. The third-order valence-corrected chi connectivity index (χ3v) is 4.71. The highest BCUT2D eigenvalue weighted by Gasteiger charge is 2.08. The average molecular weight is 363 g/mol. The van der Waals surface area contributed by atoms with E-state index < -0.39 is 10.0 Å². The Hall–Kier alpha value is -2.69. The van der Waals surface area contributed by atoms with E-state index in [4.69, 9.17) is 0 Å². The Morgan fingerprint density at radius 3 is 2.08 bits per heavy atom. The minimum absolute atomic E-state index is 0.242. The summed E-state index contributed by atoms with van der Waals surface area (Å²) in [6, 6.07) is 28.1. The molecule has 0 aliphatic carbocycles. The summed E-state index contributed by atoms with van der Waals surface area (Å²) < 4.78 is 25.7. The second-order valence-corrected chi connectivity index (χ2v) is 7.92. The fraction of sp³-hybridized carbons (Fsp3) is 0.0909. The molecule has 0 aliphatic heterocycles. The fourth-order valence-corrected chi connectivity index (χ4v) is 3.21. The first-order valence-corrected chi connectivity index (χ1v) is 10.3. The van der Waals surface area contributed by atoms with Gasteiger partial charge in [0.15, 0.2) is 0 Å². The van der Waals surface area contributed by atoms with Crippen molar-refractivity contribution in [2.45, 2.75) is 0 Å². The largest absolute Gasteiger partial charge is 0.213 e. The van der Waals surface area contributed by atoms with Gasteiger partial charge in [0.25, 0.3) is 0 Å². The highest BCUT2D eigenvalue weighted by molar-refractivity contribution is 7.88. The Labute approximate surface area is 155 Å². The number of benzene rings is 3. The molecule has 0 saturated heterocycles. The van der Waals surface area contributed by atoms with Crippen molar-refractivity contribution in [3.05, 3.63) is 96.1 Å². The lowest BCUT2D eigenvalue weighted by Crippen LogP contribution is -2.23. The monoisotopic (exact) mass is 363 g/mol. The van der Waals surface area contributed by atoms with E-state index in [0.717, 1.165) is 27.8 Å². The summed E-state index contributed by atoms with van der Waals surface area (Å²) in [5.74, 6) is 0. The first kappa shape index (κ1) is 18.1. The molecule has 3 nitrogen and oxygen atoms in total. The predicted octanol–water partition coefficient (Wildman–Crippen LogP) is 4.44. The standard InChI is InChI=1S/C22H21NO2S/c1-26(24,25)23-17-21(18-10-4-2-5-11-18)16-20-14-8-9-15-22(20)19-12-6-3-7-13-19/h2-16,23H,17H2,1H3/b21-16-. The van der Waals surface area contributed by atoms with E-state index in [9.17, 15) is 8.42 Å². The molecule has 1 N–H and O–H groups in total. The lowest BCUT2D eigenvalue weighted by atomic mass is 9.96. The number of hydrogen-bond donors (Lipinski definition) is 1. The number of rotatable bonds is 6. The molecule has 0 amide bonds. The molecule has 0 saturated carbocycles. The van der Waals surface area contributed by atoms with Gasteiger partial charge in [-0.15, -0.1) is 0 Å². The van der Waals surface area contributed by atoms with Crippen molar-refractivity contribution < 1.29 is 8.42 Å². The molecule has 0 spiro atoms. The third kappa shape index (κ3) is 4.91. The van der Waals surface area contributed by atoms with Gasteiger partial charge in [-0.25, -0.2) is 13.1 Å². The second kappa shape index (κ2) is 8.13. The van der Waals surface area contributed by atoms with Crippen LogP contribution in [0.5, 0.6) is 0 Å². The SMILES string of the molecule is CS(=O)(=O)NC/C(=C/c1ccccc1-c1ccccc1)c1ccccc1. The van der Waals surface area contributed by atoms with Crippen molar-refractivity contribution in [3.8, 4) is 11.1 Å². The molecule has 0 radical (unpaired) electrons. The van der Waals surface area contributed by atoms with Gasteiger partial charge in [-0.3, -0.25) is 0 Å². The normalized spacial score (nSPS) is 12.1. The predicted molar refractivity (Wildman–Crippen MR) is 109 cm³/mol. The maximum atomic E-state index is 11.6. The van der Waals surface area contributed by atoms with E-state index in [-0.39, 0.29) is 6.54 Å². The maximum absolute atomic E-state index is 11.6. The first-order chi connectivity index (χ1) is 12.5. The number of nitrogens with one attached hydrogen (secondary N) is 1. The molecule has 0 fully saturated rings. The van der Waals surface area contributed by atoms with E-state index in [1.54, 1.807) is 0 Å². The third-order valence-electron chi connectivity index (χ3n) is 4.04. The van der Waals surface area contributed by atoms with Crippen molar-refractivity contribution in [2.75, 3.05) is 12.8 Å². The van der Waals surface area contributed by atoms with Gasteiger partial charge in [0.1, 0.15) is 0 Å². The van der Waals surface area contributed by atoms with E-state index >= 15 is 0 Å². The number of sulfonamides is 1. The Kier molecular flexibility index (Phi) is 5.66. The zero-order valence-electron chi connectivity index (χ0n) is 14.6. The summed E-state index contributed by atoms with van der Waals surface area (Å²) >= 11 is 0. The van der Waals surface area contributed by atoms with Crippen molar-refractivity contribution in [1.29, 1.82) is 0 Å². The van der Waals surface area contributed by atoms with Gasteiger partial charge in [0, 0.05) is 6.54 Å². The zero-order valence-corrected chi connectivity index (χ0v) is 15.4. The van der Waals surface area contributed by atoms with Crippen molar-refractivity contribution in [3.63, 3.8) is 0 Å². The van der Waals surface area contributed by atoms with Crippen LogP contribution in [0.2, 0.25) is 0 Å². The molecule has 0 atom stereocenters. The van der Waals surface area contributed by atoms with Gasteiger partial charge in [0.05, 0.1) is 6.26 Å². The van der Waals surface area contributed by atoms with Gasteiger partial charge in [-0.1, -0.05) is 84.9 Å². The molecule has 3 aromatic rings. The second-order valence-electron chi connectivity index (χ2n) is 6.08. The highest BCUT2D eigenvalue weighted by atomic mass is 32.2. The highest BCUT2D eigenvalue weighted by Crippen LogP contribution is 2.27. The van der Waals surface area contributed by atoms with Crippen LogP contribution in [-0.2, 0) is 10.0 Å². The van der Waals surface area contributed by atoms with Crippen LogP contribution >= 0.6 is 0 Å². The molecule has 0 aliphatic rings. The summed E-state index contributed by atoms with van der Waals surface area (Å²) in [6.07, 6.45) is 3.23. The van der Waals surface area contributed by atoms with Crippen LogP contribution in [0.1, 0.15) is 11.1 Å². The maximum Gasteiger partial charge on any atom is 0.209 e. The average Bonchev–Trinajstić information content (AvgIpc) is 2.66. The molecule has 0 unspecified atom stereocenters. The quantitative estimate of drug-likeness (QED) is 0.658. The summed E-state index contributed by atoms with van der Waals surface area (Å²) in [4.78, 5) is 0. The molecule has 0 heterocycles. The van der Waals surface area contributed by atoms with Gasteiger partial charge >= 0.3 is 0 Å². The van der Waals surface area contributed by atoms with Crippen LogP contribution in [0.25, 0.3) is 22.8 Å². The van der Waals surface area contributed by atoms with Crippen molar-refractivity contribution >= 4 is 21.7 Å². The Balaban J connectivity index is 2.06. The molecule has 4 heteroatoms. The van der Waals surface area contributed by atoms with Crippen LogP contribution in [0.15, 0.2) is 84.9 Å². The molecule has 3 rings (SSSR count). The lowest BCUT2D eigenvalue weighted by Gasteiger charge is -2.12. The number of hydrogen-bond acceptors (Lipinski definition) is 2. The van der Waals surface area contributed by atoms with Gasteiger partial charge in [-0.2, -0.15) is 0 Å². The van der Waals surface area contributed by atoms with E-state index in [2.05, 4.69) is 29.0 Å². The smallest absolute Gasteiger partial charge is 0.209 e. The molecule has 0 aromatic heterocycles. The molecule has 0 bridgehead atoms. The summed E-state index contributed by atoms with van der Waals surface area (Å²) in [6.45, 7) is 0.242. The van der Waals surface area contributed by atoms with E-state index in [0.29, 0.717) is 0 Å². The molecule has 26 heavy (non-hydrogen) atoms. The van der Waals surface area contributed by atoms with E-state index in [1.807, 2.05) is 66.7 Å². The lowest BCUT2D eigenvalue weighted by molar-refractivity contribution is 0.592. The summed E-state index contributed by atoms with van der Waals surface area (Å²) in [5.41, 5.74) is 5.20. The Morgan fingerprint density at radius 2 is 1.42 bits per heavy atom. The Bertz CT molecular complexity index is 995. The van der Waals surface area contributed by atoms with Gasteiger partial charge < -0.3 is 0 Å². The van der Waals surface area contributed by atoms with Crippen LogP contribution in [-0.4, -0.2) is 21.2 Å². The molecule has 3 aromatic carbocycles. The van der Waals surface area contributed by atoms with Crippen LogP contribution in [0.4, 0.5) is 0 Å². The van der Waals surface area contributed by atoms with Crippen molar-refractivity contribution in [2.24, 2.45) is 0 Å². The minimum atomic E-state index is -3.27. The van der Waals surface area contributed by atoms with Crippen LogP contribution < -0.4 is 4.72 Å². The minimum Gasteiger partial charge on any atom is -0.213 e. The summed E-state index contributed by atoms with van der Waals surface area (Å²) in [7, 11) is -3.27. The molecular formula is C22H21NO2S. The topological polar surface area (TPSA) is 46.2 Å². The summed E-state index contributed by atoms with van der Waals surface area (Å²) in [5, 5.41) is 0. The van der Waals surface area contributed by atoms with Gasteiger partial charge in [-0.05, 0) is 33.9 Å². The van der Waals surface area contributed by atoms with Gasteiger partial charge in [0.2, 0.25) is 10.0 Å². The molecular weight excluding hydrogens is 342 g/mol. The van der Waals surface area contributed by atoms with Crippen LogP contribution in [0.3, 0.4) is 0 Å².